The number of anilines is 1. The Labute approximate surface area is 213 Å². The Bertz CT molecular complexity index is 1140. The monoisotopic (exact) mass is 493 g/mol. The summed E-state index contributed by atoms with van der Waals surface area (Å²) in [5.74, 6) is 0.865. The summed E-state index contributed by atoms with van der Waals surface area (Å²) in [6, 6.07) is 2.61. The SMILES string of the molecule is CC(C)(C)c1nc(N[C@H]2CCCNC2)c2nc(C3=CCC(N4CCOCC4)CC3)cc(C(N)=O)c2n1. The van der Waals surface area contributed by atoms with Gasteiger partial charge in [-0.3, -0.25) is 9.69 Å². The first kappa shape index (κ1) is 25.0. The van der Waals surface area contributed by atoms with E-state index in [-0.39, 0.29) is 11.5 Å². The largest absolute Gasteiger partial charge is 0.379 e. The van der Waals surface area contributed by atoms with Crippen LogP contribution >= 0.6 is 0 Å². The van der Waals surface area contributed by atoms with Crippen molar-refractivity contribution in [2.24, 2.45) is 5.73 Å². The fourth-order valence-electron chi connectivity index (χ4n) is 5.39. The van der Waals surface area contributed by atoms with Crippen molar-refractivity contribution in [3.8, 4) is 0 Å². The van der Waals surface area contributed by atoms with Crippen LogP contribution in [-0.4, -0.2) is 77.2 Å². The molecular formula is C27H39N7O2. The van der Waals surface area contributed by atoms with Crippen LogP contribution in [0.2, 0.25) is 0 Å². The minimum Gasteiger partial charge on any atom is -0.379 e. The number of hydrogen-bond donors (Lipinski definition) is 3. The van der Waals surface area contributed by atoms with E-state index in [0.29, 0.717) is 34.3 Å². The van der Waals surface area contributed by atoms with E-state index in [1.54, 1.807) is 0 Å². The van der Waals surface area contributed by atoms with Crippen LogP contribution in [0.15, 0.2) is 12.1 Å². The van der Waals surface area contributed by atoms with Crippen molar-refractivity contribution in [3.63, 3.8) is 0 Å². The maximum Gasteiger partial charge on any atom is 0.251 e. The molecule has 0 saturated carbocycles. The van der Waals surface area contributed by atoms with Crippen molar-refractivity contribution in [1.82, 2.24) is 25.2 Å². The Morgan fingerprint density at radius 3 is 2.61 bits per heavy atom. The van der Waals surface area contributed by atoms with Gasteiger partial charge in [-0.1, -0.05) is 26.8 Å². The van der Waals surface area contributed by atoms with Crippen LogP contribution in [-0.2, 0) is 10.2 Å². The van der Waals surface area contributed by atoms with Crippen LogP contribution in [0.4, 0.5) is 5.82 Å². The summed E-state index contributed by atoms with van der Waals surface area (Å²) < 4.78 is 5.52. The van der Waals surface area contributed by atoms with Crippen molar-refractivity contribution >= 4 is 28.3 Å². The molecule has 2 atom stereocenters. The number of nitrogens with zero attached hydrogens (tertiary/aromatic N) is 4. The van der Waals surface area contributed by atoms with Crippen molar-refractivity contribution in [3.05, 3.63) is 29.2 Å². The third-order valence-electron chi connectivity index (χ3n) is 7.50. The molecule has 2 aromatic rings. The molecule has 194 valence electrons. The molecule has 2 saturated heterocycles. The highest BCUT2D eigenvalue weighted by Crippen LogP contribution is 2.33. The molecule has 4 N–H and O–H groups in total. The molecule has 5 rings (SSSR count). The van der Waals surface area contributed by atoms with E-state index in [4.69, 9.17) is 25.4 Å². The van der Waals surface area contributed by atoms with Crippen molar-refractivity contribution in [2.75, 3.05) is 44.7 Å². The Morgan fingerprint density at radius 2 is 1.97 bits per heavy atom. The quantitative estimate of drug-likeness (QED) is 0.582. The first-order valence-corrected chi connectivity index (χ1v) is 13.3. The highest BCUT2D eigenvalue weighted by atomic mass is 16.5. The maximum atomic E-state index is 12.6. The molecule has 3 aliphatic rings. The second-order valence-electron chi connectivity index (χ2n) is 11.3. The fraction of sp³-hybridized carbons (Fsp3) is 0.630. The predicted molar refractivity (Wildman–Crippen MR) is 142 cm³/mol. The van der Waals surface area contributed by atoms with Gasteiger partial charge in [0.05, 0.1) is 24.5 Å². The number of nitrogens with two attached hydrogens (primary N) is 1. The minimum absolute atomic E-state index is 0.246. The fourth-order valence-corrected chi connectivity index (χ4v) is 5.39. The zero-order chi connectivity index (χ0) is 25.3. The van der Waals surface area contributed by atoms with Gasteiger partial charge in [-0.05, 0) is 50.3 Å². The molecule has 2 fully saturated rings. The van der Waals surface area contributed by atoms with Crippen LogP contribution < -0.4 is 16.4 Å². The molecule has 9 nitrogen and oxygen atoms in total. The van der Waals surface area contributed by atoms with Crippen LogP contribution in [0.1, 0.15) is 74.8 Å². The standard InChI is InChI=1S/C27H39N7O2/c1-27(2,3)26-32-22-20(24(28)35)15-21(17-6-8-19(9-7-17)34-11-13-36-14-12-34)31-23(22)25(33-26)30-18-5-4-10-29-16-18/h6,15,18-19,29H,4-5,7-14,16H2,1-3H3,(H2,28,35)(H,30,32,33)/t18-,19?/m0/s1. The van der Waals surface area contributed by atoms with E-state index in [1.165, 1.54) is 0 Å². The molecule has 1 amide bonds. The number of morpholine rings is 1. The first-order chi connectivity index (χ1) is 17.3. The zero-order valence-corrected chi connectivity index (χ0v) is 21.8. The molecular weight excluding hydrogens is 454 g/mol. The van der Waals surface area contributed by atoms with Crippen molar-refractivity contribution in [2.45, 2.75) is 70.4 Å². The molecule has 0 spiro atoms. The van der Waals surface area contributed by atoms with E-state index in [9.17, 15) is 4.79 Å². The summed E-state index contributed by atoms with van der Waals surface area (Å²) in [7, 11) is 0. The molecule has 36 heavy (non-hydrogen) atoms. The van der Waals surface area contributed by atoms with Crippen LogP contribution in [0.25, 0.3) is 16.6 Å². The lowest BCUT2D eigenvalue weighted by molar-refractivity contribution is 0.0150. The molecule has 0 bridgehead atoms. The van der Waals surface area contributed by atoms with Gasteiger partial charge in [-0.15, -0.1) is 0 Å². The van der Waals surface area contributed by atoms with Gasteiger partial charge in [0.2, 0.25) is 0 Å². The summed E-state index contributed by atoms with van der Waals surface area (Å²) in [5, 5.41) is 7.07. The van der Waals surface area contributed by atoms with Gasteiger partial charge in [0.15, 0.2) is 5.82 Å². The van der Waals surface area contributed by atoms with Crippen LogP contribution in [0.5, 0.6) is 0 Å². The Hall–Kier alpha value is -2.62. The molecule has 1 aliphatic carbocycles. The lowest BCUT2D eigenvalue weighted by Crippen LogP contribution is -2.43. The molecule has 0 aromatic carbocycles. The third-order valence-corrected chi connectivity index (χ3v) is 7.50. The third kappa shape index (κ3) is 5.38. The number of ether oxygens (including phenoxy) is 1. The highest BCUT2D eigenvalue weighted by molar-refractivity contribution is 6.06. The number of pyridine rings is 1. The van der Waals surface area contributed by atoms with Crippen molar-refractivity contribution < 1.29 is 9.53 Å². The van der Waals surface area contributed by atoms with Crippen LogP contribution in [0.3, 0.4) is 0 Å². The second kappa shape index (κ2) is 10.4. The van der Waals surface area contributed by atoms with Gasteiger partial charge >= 0.3 is 0 Å². The predicted octanol–water partition coefficient (Wildman–Crippen LogP) is 2.85. The van der Waals surface area contributed by atoms with Gasteiger partial charge in [0.1, 0.15) is 16.9 Å². The molecule has 2 aromatic heterocycles. The van der Waals surface area contributed by atoms with Gasteiger partial charge in [-0.25, -0.2) is 15.0 Å². The summed E-state index contributed by atoms with van der Waals surface area (Å²) in [4.78, 5) is 30.0. The summed E-state index contributed by atoms with van der Waals surface area (Å²) >= 11 is 0. The Morgan fingerprint density at radius 1 is 1.17 bits per heavy atom. The van der Waals surface area contributed by atoms with Gasteiger partial charge in [0.25, 0.3) is 5.91 Å². The van der Waals surface area contributed by atoms with E-state index < -0.39 is 5.91 Å². The number of allylic oxidation sites excluding steroid dienone is 1. The Kier molecular flexibility index (Phi) is 7.23. The normalized spacial score (nSPS) is 23.9. The number of rotatable bonds is 5. The first-order valence-electron chi connectivity index (χ1n) is 13.3. The number of primary amides is 1. The van der Waals surface area contributed by atoms with Gasteiger partial charge in [0, 0.05) is 37.1 Å². The second-order valence-corrected chi connectivity index (χ2v) is 11.3. The lowest BCUT2D eigenvalue weighted by Gasteiger charge is -2.36. The average molecular weight is 494 g/mol. The molecule has 4 heterocycles. The topological polar surface area (TPSA) is 118 Å². The van der Waals surface area contributed by atoms with Gasteiger partial charge in [-0.2, -0.15) is 0 Å². The number of aromatic nitrogens is 3. The summed E-state index contributed by atoms with van der Waals surface area (Å²) in [6.45, 7) is 11.7. The van der Waals surface area contributed by atoms with Crippen molar-refractivity contribution in [1.29, 1.82) is 0 Å². The lowest BCUT2D eigenvalue weighted by atomic mass is 9.91. The summed E-state index contributed by atoms with van der Waals surface area (Å²) in [5.41, 5.74) is 9.12. The maximum absolute atomic E-state index is 12.6. The van der Waals surface area contributed by atoms with E-state index >= 15 is 0 Å². The number of carbonyl (C=O) groups excluding carboxylic acids is 1. The molecule has 2 aliphatic heterocycles. The number of fused-ring (bicyclic) bond motifs is 1. The number of nitrogens with one attached hydrogen (secondary N) is 2. The number of hydrogen-bond acceptors (Lipinski definition) is 8. The number of carbonyl (C=O) groups is 1. The molecule has 9 heteroatoms. The summed E-state index contributed by atoms with van der Waals surface area (Å²) in [6.07, 6.45) is 7.39. The number of piperidine rings is 1. The Balaban J connectivity index is 1.54. The zero-order valence-electron chi connectivity index (χ0n) is 21.8. The smallest absolute Gasteiger partial charge is 0.251 e. The van der Waals surface area contributed by atoms with Gasteiger partial charge < -0.3 is 21.1 Å². The molecule has 1 unspecified atom stereocenters. The number of amides is 1. The highest BCUT2D eigenvalue weighted by Gasteiger charge is 2.27. The van der Waals surface area contributed by atoms with E-state index in [2.05, 4.69) is 42.4 Å². The van der Waals surface area contributed by atoms with E-state index in [1.807, 2.05) is 6.07 Å². The van der Waals surface area contributed by atoms with Crippen LogP contribution in [0, 0.1) is 0 Å². The van der Waals surface area contributed by atoms with E-state index in [0.717, 1.165) is 82.8 Å². The minimum atomic E-state index is -0.491. The average Bonchev–Trinajstić information content (AvgIpc) is 2.88. The molecule has 0 radical (unpaired) electrons.